The van der Waals surface area contributed by atoms with E-state index in [1.807, 2.05) is 13.0 Å². The van der Waals surface area contributed by atoms with Gasteiger partial charge in [-0.1, -0.05) is 15.9 Å². The van der Waals surface area contributed by atoms with Crippen LogP contribution in [-0.4, -0.2) is 0 Å². The molecule has 0 aliphatic rings. The van der Waals surface area contributed by atoms with Gasteiger partial charge in [-0.2, -0.15) is 0 Å². The number of halogens is 2. The zero-order valence-electron chi connectivity index (χ0n) is 7.30. The van der Waals surface area contributed by atoms with Crippen molar-refractivity contribution in [3.63, 3.8) is 0 Å². The van der Waals surface area contributed by atoms with Gasteiger partial charge in [-0.25, -0.2) is 4.79 Å². The molecule has 2 rings (SSSR count). The Bertz CT molecular complexity index is 558. The third kappa shape index (κ3) is 1.53. The lowest BCUT2D eigenvalue weighted by Crippen LogP contribution is -1.95. The molecule has 0 unspecified atom stereocenters. The van der Waals surface area contributed by atoms with Crippen molar-refractivity contribution in [2.45, 2.75) is 6.92 Å². The van der Waals surface area contributed by atoms with E-state index in [4.69, 9.17) is 4.42 Å². The predicted octanol–water partition coefficient (Wildman–Crippen LogP) is 3.63. The van der Waals surface area contributed by atoms with Crippen molar-refractivity contribution < 1.29 is 4.42 Å². The zero-order valence-corrected chi connectivity index (χ0v) is 10.5. The van der Waals surface area contributed by atoms with Crippen LogP contribution in [0.25, 0.3) is 11.0 Å². The maximum Gasteiger partial charge on any atom is 0.336 e. The van der Waals surface area contributed by atoms with E-state index in [2.05, 4.69) is 31.9 Å². The molecule has 0 saturated heterocycles. The van der Waals surface area contributed by atoms with Gasteiger partial charge in [0.15, 0.2) is 5.58 Å². The zero-order chi connectivity index (χ0) is 10.3. The molecule has 0 atom stereocenters. The minimum Gasteiger partial charge on any atom is -0.421 e. The second kappa shape index (κ2) is 3.51. The van der Waals surface area contributed by atoms with Crippen molar-refractivity contribution in [2.24, 2.45) is 0 Å². The van der Waals surface area contributed by atoms with Crippen LogP contribution in [-0.2, 0) is 0 Å². The van der Waals surface area contributed by atoms with Gasteiger partial charge in [0.2, 0.25) is 0 Å². The van der Waals surface area contributed by atoms with Crippen LogP contribution in [0.3, 0.4) is 0 Å². The number of fused-ring (bicyclic) bond motifs is 1. The lowest BCUT2D eigenvalue weighted by molar-refractivity contribution is 0.559. The molecule has 2 aromatic rings. The number of rotatable bonds is 0. The highest BCUT2D eigenvalue weighted by atomic mass is 79.9. The number of hydrogen-bond donors (Lipinski definition) is 0. The molecular formula is C10H6Br2O2. The molecule has 0 bridgehead atoms. The summed E-state index contributed by atoms with van der Waals surface area (Å²) in [5.74, 6) is 0. The maximum atomic E-state index is 11.0. The molecule has 0 aliphatic heterocycles. The summed E-state index contributed by atoms with van der Waals surface area (Å²) in [5, 5.41) is 0.897. The van der Waals surface area contributed by atoms with Gasteiger partial charge in [0.05, 0.1) is 4.47 Å². The lowest BCUT2D eigenvalue weighted by atomic mass is 10.2. The average Bonchev–Trinajstić information content (AvgIpc) is 2.16. The van der Waals surface area contributed by atoms with Gasteiger partial charge < -0.3 is 4.42 Å². The summed E-state index contributed by atoms with van der Waals surface area (Å²) in [6.07, 6.45) is 0. The van der Waals surface area contributed by atoms with Crippen LogP contribution in [0.1, 0.15) is 5.56 Å². The molecule has 0 N–H and O–H groups in total. The maximum absolute atomic E-state index is 11.0. The molecule has 0 aliphatic carbocycles. The van der Waals surface area contributed by atoms with E-state index in [-0.39, 0.29) is 5.63 Å². The van der Waals surface area contributed by atoms with E-state index in [1.165, 1.54) is 6.07 Å². The third-order valence-electron chi connectivity index (χ3n) is 2.03. The number of benzene rings is 1. The van der Waals surface area contributed by atoms with E-state index in [0.717, 1.165) is 19.9 Å². The fourth-order valence-corrected chi connectivity index (χ4v) is 2.47. The van der Waals surface area contributed by atoms with E-state index in [0.29, 0.717) is 5.58 Å². The fourth-order valence-electron chi connectivity index (χ4n) is 1.23. The molecule has 4 heteroatoms. The van der Waals surface area contributed by atoms with Gasteiger partial charge in [-0.05, 0) is 40.5 Å². The average molecular weight is 318 g/mol. The smallest absolute Gasteiger partial charge is 0.336 e. The van der Waals surface area contributed by atoms with Crippen LogP contribution in [0.4, 0.5) is 0 Å². The second-order valence-electron chi connectivity index (χ2n) is 2.97. The van der Waals surface area contributed by atoms with E-state index in [1.54, 1.807) is 6.07 Å². The SMILES string of the molecule is Cc1c(Br)cc2ccc(=O)oc2c1Br. The number of hydrogen-bond acceptors (Lipinski definition) is 2. The van der Waals surface area contributed by atoms with E-state index in [9.17, 15) is 4.79 Å². The molecule has 0 radical (unpaired) electrons. The Labute approximate surface area is 97.2 Å². The summed E-state index contributed by atoms with van der Waals surface area (Å²) in [6.45, 7) is 1.95. The van der Waals surface area contributed by atoms with Crippen molar-refractivity contribution in [1.29, 1.82) is 0 Å². The Balaban J connectivity index is 2.99. The quantitative estimate of drug-likeness (QED) is 0.695. The molecule has 2 nitrogen and oxygen atoms in total. The Kier molecular flexibility index (Phi) is 2.49. The first-order valence-electron chi connectivity index (χ1n) is 3.98. The summed E-state index contributed by atoms with van der Waals surface area (Å²) in [5.41, 5.74) is 1.28. The monoisotopic (exact) mass is 316 g/mol. The summed E-state index contributed by atoms with van der Waals surface area (Å²) in [4.78, 5) is 11.0. The minimum atomic E-state index is -0.333. The lowest BCUT2D eigenvalue weighted by Gasteiger charge is -2.04. The van der Waals surface area contributed by atoms with Gasteiger partial charge >= 0.3 is 5.63 Å². The summed E-state index contributed by atoms with van der Waals surface area (Å²) in [7, 11) is 0. The normalized spacial score (nSPS) is 10.8. The Hall–Kier alpha value is -0.610. The Morgan fingerprint density at radius 2 is 2.00 bits per heavy atom. The third-order valence-corrected chi connectivity index (χ3v) is 3.81. The van der Waals surface area contributed by atoms with Gasteiger partial charge in [-0.3, -0.25) is 0 Å². The molecule has 72 valence electrons. The van der Waals surface area contributed by atoms with E-state index >= 15 is 0 Å². The topological polar surface area (TPSA) is 30.2 Å². The van der Waals surface area contributed by atoms with Crippen molar-refractivity contribution >= 4 is 42.8 Å². The molecule has 1 aromatic carbocycles. The van der Waals surface area contributed by atoms with Crippen molar-refractivity contribution in [3.8, 4) is 0 Å². The summed E-state index contributed by atoms with van der Waals surface area (Å²) in [6, 6.07) is 5.09. The first-order valence-corrected chi connectivity index (χ1v) is 5.56. The fraction of sp³-hybridized carbons (Fsp3) is 0.100. The summed E-state index contributed by atoms with van der Waals surface area (Å²) < 4.78 is 6.92. The second-order valence-corrected chi connectivity index (χ2v) is 4.62. The molecule has 1 aromatic heterocycles. The largest absolute Gasteiger partial charge is 0.421 e. The van der Waals surface area contributed by atoms with Gasteiger partial charge in [0, 0.05) is 15.9 Å². The van der Waals surface area contributed by atoms with Crippen LogP contribution in [0, 0.1) is 6.92 Å². The van der Waals surface area contributed by atoms with Gasteiger partial charge in [0.25, 0.3) is 0 Å². The van der Waals surface area contributed by atoms with Crippen molar-refractivity contribution in [3.05, 3.63) is 43.1 Å². The molecule has 0 amide bonds. The highest BCUT2D eigenvalue weighted by molar-refractivity contribution is 9.11. The highest BCUT2D eigenvalue weighted by Crippen LogP contribution is 2.31. The van der Waals surface area contributed by atoms with Crippen LogP contribution in [0.15, 0.2) is 36.4 Å². The molecule has 0 spiro atoms. The van der Waals surface area contributed by atoms with Crippen molar-refractivity contribution in [2.75, 3.05) is 0 Å². The molecule has 14 heavy (non-hydrogen) atoms. The predicted molar refractivity (Wildman–Crippen MR) is 62.6 cm³/mol. The first-order chi connectivity index (χ1) is 6.59. The standard InChI is InChI=1S/C10H6Br2O2/c1-5-7(11)4-6-2-3-8(13)14-10(6)9(5)12/h2-4H,1H3. The van der Waals surface area contributed by atoms with Crippen LogP contribution in [0.2, 0.25) is 0 Å². The molecule has 0 fully saturated rings. The highest BCUT2D eigenvalue weighted by Gasteiger charge is 2.08. The Morgan fingerprint density at radius 3 is 2.71 bits per heavy atom. The van der Waals surface area contributed by atoms with Crippen LogP contribution in [0.5, 0.6) is 0 Å². The summed E-state index contributed by atoms with van der Waals surface area (Å²) >= 11 is 6.84. The van der Waals surface area contributed by atoms with Crippen LogP contribution < -0.4 is 5.63 Å². The van der Waals surface area contributed by atoms with Gasteiger partial charge in [-0.15, -0.1) is 0 Å². The minimum absolute atomic E-state index is 0.333. The van der Waals surface area contributed by atoms with Crippen molar-refractivity contribution in [1.82, 2.24) is 0 Å². The van der Waals surface area contributed by atoms with E-state index < -0.39 is 0 Å². The van der Waals surface area contributed by atoms with Gasteiger partial charge in [0.1, 0.15) is 0 Å². The Morgan fingerprint density at radius 1 is 1.29 bits per heavy atom. The molecule has 1 heterocycles. The first kappa shape index (κ1) is 9.93. The van der Waals surface area contributed by atoms with Crippen LogP contribution >= 0.6 is 31.9 Å². The molecular weight excluding hydrogens is 312 g/mol. The molecule has 0 saturated carbocycles.